The van der Waals surface area contributed by atoms with E-state index in [4.69, 9.17) is 5.11 Å². The molecule has 1 aromatic rings. The maximum Gasteiger partial charge on any atom is 0.354 e. The third kappa shape index (κ3) is 5.57. The number of carboxylic acids is 1. The van der Waals surface area contributed by atoms with Gasteiger partial charge in [-0.2, -0.15) is 0 Å². The lowest BCUT2D eigenvalue weighted by Crippen LogP contribution is -2.25. The minimum atomic E-state index is -0.996. The number of aromatic carboxylic acids is 1. The summed E-state index contributed by atoms with van der Waals surface area (Å²) in [6, 6.07) is 3.63. The molecule has 1 heterocycles. The number of carbonyl (C=O) groups is 1. The third-order valence-electron chi connectivity index (χ3n) is 3.40. The highest BCUT2D eigenvalue weighted by atomic mass is 16.4. The van der Waals surface area contributed by atoms with Crippen molar-refractivity contribution in [1.29, 1.82) is 0 Å². The van der Waals surface area contributed by atoms with Crippen molar-refractivity contribution < 1.29 is 9.90 Å². The molecule has 2 N–H and O–H groups in total. The largest absolute Gasteiger partial charge is 0.477 e. The molecule has 1 aromatic heterocycles. The van der Waals surface area contributed by atoms with Gasteiger partial charge in [0.2, 0.25) is 0 Å². The van der Waals surface area contributed by atoms with Crippen LogP contribution in [-0.4, -0.2) is 46.6 Å². The Kier molecular flexibility index (Phi) is 7.01. The van der Waals surface area contributed by atoms with Gasteiger partial charge in [-0.25, -0.2) is 9.78 Å². The van der Waals surface area contributed by atoms with Crippen LogP contribution in [-0.2, 0) is 0 Å². The van der Waals surface area contributed by atoms with Gasteiger partial charge in [0.1, 0.15) is 5.69 Å². The van der Waals surface area contributed by atoms with Crippen LogP contribution >= 0.6 is 0 Å². The molecule has 0 fully saturated rings. The second kappa shape index (κ2) is 8.53. The molecule has 0 radical (unpaired) electrons. The second-order valence-electron chi connectivity index (χ2n) is 4.95. The van der Waals surface area contributed by atoms with Crippen LogP contribution in [0.5, 0.6) is 0 Å². The SMILES string of the molecule is CCN(CC)CCCC(C)Nc1ccc(C(=O)O)nc1. The fourth-order valence-electron chi connectivity index (χ4n) is 2.12. The molecule has 0 aliphatic heterocycles. The average molecular weight is 279 g/mol. The summed E-state index contributed by atoms with van der Waals surface area (Å²) in [5.41, 5.74) is 0.940. The van der Waals surface area contributed by atoms with Crippen LogP contribution in [0.3, 0.4) is 0 Å². The van der Waals surface area contributed by atoms with Crippen molar-refractivity contribution in [2.45, 2.75) is 39.7 Å². The summed E-state index contributed by atoms with van der Waals surface area (Å²) in [7, 11) is 0. The van der Waals surface area contributed by atoms with E-state index in [1.165, 1.54) is 6.07 Å². The summed E-state index contributed by atoms with van der Waals surface area (Å²) in [6.45, 7) is 9.81. The quantitative estimate of drug-likeness (QED) is 0.727. The highest BCUT2D eigenvalue weighted by molar-refractivity contribution is 5.85. The minimum Gasteiger partial charge on any atom is -0.477 e. The zero-order chi connectivity index (χ0) is 15.0. The Labute approximate surface area is 121 Å². The Morgan fingerprint density at radius 3 is 2.60 bits per heavy atom. The van der Waals surface area contributed by atoms with E-state index >= 15 is 0 Å². The minimum absolute atomic E-state index is 0.0738. The summed E-state index contributed by atoms with van der Waals surface area (Å²) >= 11 is 0. The molecule has 5 nitrogen and oxygen atoms in total. The first-order valence-corrected chi connectivity index (χ1v) is 7.25. The van der Waals surface area contributed by atoms with E-state index in [-0.39, 0.29) is 5.69 Å². The number of rotatable bonds is 9. The second-order valence-corrected chi connectivity index (χ2v) is 4.95. The number of carboxylic acid groups (broad SMARTS) is 1. The maximum atomic E-state index is 10.7. The number of nitrogens with zero attached hydrogens (tertiary/aromatic N) is 2. The van der Waals surface area contributed by atoms with Gasteiger partial charge in [-0.1, -0.05) is 13.8 Å². The lowest BCUT2D eigenvalue weighted by Gasteiger charge is -2.20. The standard InChI is InChI=1S/C15H25N3O2/c1-4-18(5-2)10-6-7-12(3)17-13-8-9-14(15(19)20)16-11-13/h8-9,11-12,17H,4-7,10H2,1-3H3,(H,19,20). The first-order chi connectivity index (χ1) is 9.56. The summed E-state index contributed by atoms with van der Waals surface area (Å²) in [5.74, 6) is -0.996. The van der Waals surface area contributed by atoms with E-state index in [0.717, 1.165) is 38.2 Å². The van der Waals surface area contributed by atoms with Crippen molar-refractivity contribution in [2.75, 3.05) is 25.0 Å². The number of hydrogen-bond acceptors (Lipinski definition) is 4. The zero-order valence-electron chi connectivity index (χ0n) is 12.6. The van der Waals surface area contributed by atoms with E-state index in [1.807, 2.05) is 0 Å². The Morgan fingerprint density at radius 1 is 1.40 bits per heavy atom. The fraction of sp³-hybridized carbons (Fsp3) is 0.600. The lowest BCUT2D eigenvalue weighted by atomic mass is 10.1. The first-order valence-electron chi connectivity index (χ1n) is 7.25. The lowest BCUT2D eigenvalue weighted by molar-refractivity contribution is 0.0690. The van der Waals surface area contributed by atoms with E-state index in [0.29, 0.717) is 6.04 Å². The number of anilines is 1. The summed E-state index contributed by atoms with van der Waals surface area (Å²) in [5, 5.41) is 12.1. The summed E-state index contributed by atoms with van der Waals surface area (Å²) in [4.78, 5) is 17.0. The van der Waals surface area contributed by atoms with Crippen molar-refractivity contribution in [3.63, 3.8) is 0 Å². The predicted molar refractivity (Wildman–Crippen MR) is 81.3 cm³/mol. The molecule has 1 rings (SSSR count). The monoisotopic (exact) mass is 279 g/mol. The van der Waals surface area contributed by atoms with Crippen LogP contribution in [0.2, 0.25) is 0 Å². The van der Waals surface area contributed by atoms with Crippen molar-refractivity contribution in [2.24, 2.45) is 0 Å². The Hall–Kier alpha value is -1.62. The molecule has 0 spiro atoms. The van der Waals surface area contributed by atoms with Gasteiger partial charge in [-0.05, 0) is 51.5 Å². The van der Waals surface area contributed by atoms with Gasteiger partial charge in [-0.3, -0.25) is 0 Å². The van der Waals surface area contributed by atoms with Crippen LogP contribution in [0.25, 0.3) is 0 Å². The summed E-state index contributed by atoms with van der Waals surface area (Å²) < 4.78 is 0. The Morgan fingerprint density at radius 2 is 2.10 bits per heavy atom. The molecule has 0 bridgehead atoms. The highest BCUT2D eigenvalue weighted by Gasteiger charge is 2.06. The van der Waals surface area contributed by atoms with Crippen LogP contribution in [0.1, 0.15) is 44.1 Å². The van der Waals surface area contributed by atoms with Gasteiger partial charge in [0, 0.05) is 6.04 Å². The summed E-state index contributed by atoms with van der Waals surface area (Å²) in [6.07, 6.45) is 3.80. The molecular weight excluding hydrogens is 254 g/mol. The van der Waals surface area contributed by atoms with E-state index < -0.39 is 5.97 Å². The molecule has 0 amide bonds. The number of aromatic nitrogens is 1. The number of nitrogens with one attached hydrogen (secondary N) is 1. The topological polar surface area (TPSA) is 65.5 Å². The van der Waals surface area contributed by atoms with Gasteiger partial charge in [0.05, 0.1) is 11.9 Å². The molecule has 0 saturated carbocycles. The molecule has 5 heteroatoms. The van der Waals surface area contributed by atoms with Crippen molar-refractivity contribution in [1.82, 2.24) is 9.88 Å². The van der Waals surface area contributed by atoms with Gasteiger partial charge < -0.3 is 15.3 Å². The van der Waals surface area contributed by atoms with E-state index in [1.54, 1.807) is 12.3 Å². The van der Waals surface area contributed by atoms with Gasteiger partial charge in [-0.15, -0.1) is 0 Å². The zero-order valence-corrected chi connectivity index (χ0v) is 12.6. The molecular formula is C15H25N3O2. The van der Waals surface area contributed by atoms with Crippen LogP contribution in [0.4, 0.5) is 5.69 Å². The molecule has 1 atom stereocenters. The third-order valence-corrected chi connectivity index (χ3v) is 3.40. The van der Waals surface area contributed by atoms with Crippen molar-refractivity contribution in [3.05, 3.63) is 24.0 Å². The van der Waals surface area contributed by atoms with Crippen molar-refractivity contribution in [3.8, 4) is 0 Å². The fourth-order valence-corrected chi connectivity index (χ4v) is 2.12. The van der Waals surface area contributed by atoms with Crippen LogP contribution < -0.4 is 5.32 Å². The van der Waals surface area contributed by atoms with Gasteiger partial charge in [0.25, 0.3) is 0 Å². The smallest absolute Gasteiger partial charge is 0.354 e. The normalized spacial score (nSPS) is 12.4. The molecule has 20 heavy (non-hydrogen) atoms. The number of pyridine rings is 1. The molecule has 0 aliphatic rings. The van der Waals surface area contributed by atoms with Crippen LogP contribution in [0.15, 0.2) is 18.3 Å². The Balaban J connectivity index is 2.34. The molecule has 1 unspecified atom stereocenters. The van der Waals surface area contributed by atoms with Crippen molar-refractivity contribution >= 4 is 11.7 Å². The van der Waals surface area contributed by atoms with E-state index in [2.05, 4.69) is 36.0 Å². The van der Waals surface area contributed by atoms with E-state index in [9.17, 15) is 4.79 Å². The van der Waals surface area contributed by atoms with Crippen LogP contribution in [0, 0.1) is 0 Å². The first kappa shape index (κ1) is 16.4. The Bertz CT molecular complexity index is 402. The molecule has 0 aromatic carbocycles. The molecule has 0 aliphatic carbocycles. The molecule has 112 valence electrons. The predicted octanol–water partition coefficient (Wildman–Crippen LogP) is 2.70. The van der Waals surface area contributed by atoms with Gasteiger partial charge >= 0.3 is 5.97 Å². The maximum absolute atomic E-state index is 10.7. The number of hydrogen-bond donors (Lipinski definition) is 2. The average Bonchev–Trinajstić information content (AvgIpc) is 2.44. The highest BCUT2D eigenvalue weighted by Crippen LogP contribution is 2.10. The molecule has 0 saturated heterocycles. The van der Waals surface area contributed by atoms with Gasteiger partial charge in [0.15, 0.2) is 0 Å².